The molecule has 0 aliphatic rings. The molecule has 0 bridgehead atoms. The molecule has 270 valence electrons. The number of pyridine rings is 2. The molecule has 0 aliphatic heterocycles. The molecule has 0 unspecified atom stereocenters. The summed E-state index contributed by atoms with van der Waals surface area (Å²) in [5, 5.41) is 43.0. The lowest BCUT2D eigenvalue weighted by molar-refractivity contribution is -0.119. The van der Waals surface area contributed by atoms with Crippen LogP contribution in [-0.2, 0) is 4.79 Å². The minimum Gasteiger partial charge on any atom is -0.368 e. The number of anilines is 5. The number of benzene rings is 2. The first kappa shape index (κ1) is 38.3. The van der Waals surface area contributed by atoms with Crippen molar-refractivity contribution in [3.05, 3.63) is 88.9 Å². The van der Waals surface area contributed by atoms with E-state index in [-0.39, 0.29) is 41.7 Å². The SMILES string of the molecule is C.CC(C)C[C@@H](Nc1nc(Nc2ccc3[nH]ncc3c2)c(C(N)=O)cc1C#N)C(N)=O.Cc1nc(Nc2ccc3[nH]ncc3c2)c(C(N)=O)cc1C#N. The Morgan fingerprint density at radius 2 is 1.25 bits per heavy atom. The zero-order valence-corrected chi connectivity index (χ0v) is 28.3. The molecular formula is C36H38N14O3. The number of nitriles is 2. The summed E-state index contributed by atoms with van der Waals surface area (Å²) < 4.78 is 0. The zero-order chi connectivity index (χ0) is 37.5. The summed E-state index contributed by atoms with van der Waals surface area (Å²) in [4.78, 5) is 44.0. The van der Waals surface area contributed by atoms with E-state index in [2.05, 4.69) is 46.3 Å². The van der Waals surface area contributed by atoms with Crippen molar-refractivity contribution in [3.63, 3.8) is 0 Å². The largest absolute Gasteiger partial charge is 0.368 e. The number of carbonyl (C=O) groups excluding carboxylic acids is 3. The van der Waals surface area contributed by atoms with Crippen LogP contribution < -0.4 is 33.2 Å². The van der Waals surface area contributed by atoms with Crippen LogP contribution in [0, 0.1) is 35.5 Å². The van der Waals surface area contributed by atoms with Crippen molar-refractivity contribution in [1.82, 2.24) is 30.4 Å². The van der Waals surface area contributed by atoms with Gasteiger partial charge in [-0.05, 0) is 67.8 Å². The quantitative estimate of drug-likeness (QED) is 0.0913. The van der Waals surface area contributed by atoms with Crippen LogP contribution in [0.2, 0.25) is 0 Å². The highest BCUT2D eigenvalue weighted by Gasteiger charge is 2.22. The lowest BCUT2D eigenvalue weighted by atomic mass is 10.0. The number of amides is 3. The van der Waals surface area contributed by atoms with Crippen LogP contribution in [0.15, 0.2) is 60.9 Å². The van der Waals surface area contributed by atoms with Gasteiger partial charge >= 0.3 is 0 Å². The van der Waals surface area contributed by atoms with Gasteiger partial charge in [-0.15, -0.1) is 0 Å². The number of nitrogens with two attached hydrogens (primary N) is 3. The number of hydrogen-bond donors (Lipinski definition) is 8. The molecule has 4 heterocycles. The molecule has 6 rings (SSSR count). The van der Waals surface area contributed by atoms with E-state index in [4.69, 9.17) is 22.5 Å². The van der Waals surface area contributed by atoms with Crippen molar-refractivity contribution in [2.75, 3.05) is 16.0 Å². The number of fused-ring (bicyclic) bond motifs is 2. The minimum absolute atomic E-state index is 0. The van der Waals surface area contributed by atoms with Gasteiger partial charge in [0.2, 0.25) is 5.91 Å². The van der Waals surface area contributed by atoms with Crippen LogP contribution in [0.5, 0.6) is 0 Å². The number of carbonyl (C=O) groups is 3. The van der Waals surface area contributed by atoms with Crippen molar-refractivity contribution >= 4 is 68.4 Å². The Balaban J connectivity index is 0.000000243. The fourth-order valence-corrected chi connectivity index (χ4v) is 5.19. The first-order valence-corrected chi connectivity index (χ1v) is 15.8. The molecular weight excluding hydrogens is 676 g/mol. The molecule has 17 nitrogen and oxygen atoms in total. The fourth-order valence-electron chi connectivity index (χ4n) is 5.19. The van der Waals surface area contributed by atoms with Crippen molar-refractivity contribution in [3.8, 4) is 12.1 Å². The van der Waals surface area contributed by atoms with Crippen LogP contribution in [0.3, 0.4) is 0 Å². The van der Waals surface area contributed by atoms with Crippen LogP contribution >= 0.6 is 0 Å². The Morgan fingerprint density at radius 1 is 0.755 bits per heavy atom. The maximum absolute atomic E-state index is 12.0. The Morgan fingerprint density at radius 3 is 1.70 bits per heavy atom. The van der Waals surface area contributed by atoms with Gasteiger partial charge in [0, 0.05) is 22.1 Å². The molecule has 17 heteroatoms. The maximum atomic E-state index is 12.0. The lowest BCUT2D eigenvalue weighted by Crippen LogP contribution is -2.37. The number of rotatable bonds is 11. The van der Waals surface area contributed by atoms with Gasteiger partial charge in [0.25, 0.3) is 11.8 Å². The van der Waals surface area contributed by atoms with Crippen molar-refractivity contribution in [1.29, 1.82) is 10.5 Å². The van der Waals surface area contributed by atoms with Gasteiger partial charge in [0.15, 0.2) is 0 Å². The predicted molar refractivity (Wildman–Crippen MR) is 201 cm³/mol. The number of nitrogens with zero attached hydrogens (tertiary/aromatic N) is 6. The molecule has 11 N–H and O–H groups in total. The van der Waals surface area contributed by atoms with E-state index < -0.39 is 23.8 Å². The second-order valence-corrected chi connectivity index (χ2v) is 12.1. The molecule has 2 aromatic carbocycles. The number of aromatic nitrogens is 6. The molecule has 53 heavy (non-hydrogen) atoms. The molecule has 3 amide bonds. The molecule has 0 spiro atoms. The minimum atomic E-state index is -0.744. The average molecular weight is 715 g/mol. The van der Waals surface area contributed by atoms with Crippen molar-refractivity contribution < 1.29 is 14.4 Å². The van der Waals surface area contributed by atoms with Gasteiger partial charge < -0.3 is 33.2 Å². The molecule has 0 saturated carbocycles. The molecule has 0 saturated heterocycles. The number of nitrogens with one attached hydrogen (secondary N) is 5. The second kappa shape index (κ2) is 16.5. The Bertz CT molecular complexity index is 2400. The Labute approximate surface area is 304 Å². The summed E-state index contributed by atoms with van der Waals surface area (Å²) in [5.41, 5.74) is 20.7. The molecule has 6 aromatic rings. The Hall–Kier alpha value is -7.53. The predicted octanol–water partition coefficient (Wildman–Crippen LogP) is 4.60. The second-order valence-electron chi connectivity index (χ2n) is 12.1. The van der Waals surface area contributed by atoms with Crippen LogP contribution in [0.1, 0.15) is 65.2 Å². The number of aromatic amines is 2. The van der Waals surface area contributed by atoms with Crippen molar-refractivity contribution in [2.45, 2.75) is 40.7 Å². The van der Waals surface area contributed by atoms with E-state index in [1.807, 2.05) is 56.3 Å². The van der Waals surface area contributed by atoms with Crippen LogP contribution in [-0.4, -0.2) is 54.1 Å². The summed E-state index contributed by atoms with van der Waals surface area (Å²) in [6, 6.07) is 17.0. The standard InChI is InChI=1S/C20H22N8O2.C15H12N6O.CH4/c1-10(2)5-16(18(23)30)26-19-11(8-21)7-14(17(22)29)20(27-19)25-13-3-4-15-12(6-13)9-24-28-15;1-8-9(6-16)5-12(14(17)22)15(19-8)20-11-2-3-13-10(4-11)7-18-21-13;/h3-4,6-7,9-10,16H,5H2,1-2H3,(H2,22,29)(H2,23,30)(H,24,28)(H2,25,26,27);2-5,7H,1H3,(H2,17,22)(H,18,21)(H,19,20);1H4/t16-;;/m1../s1. The molecule has 0 radical (unpaired) electrons. The summed E-state index contributed by atoms with van der Waals surface area (Å²) in [6.07, 6.45) is 3.82. The number of aryl methyl sites for hydroxylation is 1. The number of H-pyrrole nitrogens is 2. The number of hydrogen-bond acceptors (Lipinski definition) is 12. The third-order valence-electron chi connectivity index (χ3n) is 7.77. The van der Waals surface area contributed by atoms with Crippen molar-refractivity contribution in [2.24, 2.45) is 23.1 Å². The highest BCUT2D eigenvalue weighted by molar-refractivity contribution is 6.00. The van der Waals surface area contributed by atoms with E-state index in [1.165, 1.54) is 12.1 Å². The number of primary amides is 3. The molecule has 1 atom stereocenters. The first-order valence-electron chi connectivity index (χ1n) is 15.8. The van der Waals surface area contributed by atoms with E-state index in [1.54, 1.807) is 25.4 Å². The van der Waals surface area contributed by atoms with E-state index in [9.17, 15) is 19.6 Å². The summed E-state index contributed by atoms with van der Waals surface area (Å²) in [5.74, 6) is -1.15. The van der Waals surface area contributed by atoms with Gasteiger partial charge in [-0.2, -0.15) is 20.7 Å². The van der Waals surface area contributed by atoms with Crippen LogP contribution in [0.4, 0.5) is 28.8 Å². The van der Waals surface area contributed by atoms with E-state index in [0.29, 0.717) is 29.2 Å². The third-order valence-corrected chi connectivity index (χ3v) is 7.77. The normalized spacial score (nSPS) is 11.0. The van der Waals surface area contributed by atoms with Gasteiger partial charge in [-0.1, -0.05) is 21.3 Å². The first-order chi connectivity index (χ1) is 24.9. The third kappa shape index (κ3) is 8.99. The smallest absolute Gasteiger partial charge is 0.252 e. The fraction of sp³-hybridized carbons (Fsp3) is 0.194. The summed E-state index contributed by atoms with van der Waals surface area (Å²) in [7, 11) is 0. The molecule has 4 aromatic heterocycles. The van der Waals surface area contributed by atoms with Gasteiger partial charge in [0.1, 0.15) is 35.6 Å². The van der Waals surface area contributed by atoms with Crippen LogP contribution in [0.25, 0.3) is 21.8 Å². The Kier molecular flexibility index (Phi) is 11.9. The zero-order valence-electron chi connectivity index (χ0n) is 28.3. The monoisotopic (exact) mass is 714 g/mol. The lowest BCUT2D eigenvalue weighted by Gasteiger charge is -2.20. The van der Waals surface area contributed by atoms with Gasteiger partial charge in [-0.25, -0.2) is 9.97 Å². The highest BCUT2D eigenvalue weighted by Crippen LogP contribution is 2.27. The maximum Gasteiger partial charge on any atom is 0.252 e. The highest BCUT2D eigenvalue weighted by atomic mass is 16.2. The average Bonchev–Trinajstić information content (AvgIpc) is 3.77. The van der Waals surface area contributed by atoms with Gasteiger partial charge in [-0.3, -0.25) is 24.6 Å². The molecule has 0 fully saturated rings. The van der Waals surface area contributed by atoms with E-state index in [0.717, 1.165) is 27.5 Å². The van der Waals surface area contributed by atoms with Gasteiger partial charge in [0.05, 0.1) is 51.4 Å². The summed E-state index contributed by atoms with van der Waals surface area (Å²) in [6.45, 7) is 5.60. The van der Waals surface area contributed by atoms with E-state index >= 15 is 0 Å². The molecule has 0 aliphatic carbocycles. The topological polar surface area (TPSA) is 296 Å². The summed E-state index contributed by atoms with van der Waals surface area (Å²) >= 11 is 0.